The van der Waals surface area contributed by atoms with Crippen molar-refractivity contribution in [2.75, 3.05) is 0 Å². The van der Waals surface area contributed by atoms with Crippen LogP contribution in [-0.4, -0.2) is 0 Å². The third-order valence-corrected chi connectivity index (χ3v) is 6.24. The maximum absolute atomic E-state index is 6.68. The summed E-state index contributed by atoms with van der Waals surface area (Å²) in [5.74, 6) is 0. The van der Waals surface area contributed by atoms with E-state index in [9.17, 15) is 0 Å². The van der Waals surface area contributed by atoms with Gasteiger partial charge in [-0.05, 0) is 46.2 Å². The van der Waals surface area contributed by atoms with Gasteiger partial charge in [-0.25, -0.2) is 0 Å². The van der Waals surface area contributed by atoms with Crippen molar-refractivity contribution < 1.29 is 0 Å². The molecule has 0 saturated carbocycles. The van der Waals surface area contributed by atoms with E-state index >= 15 is 0 Å². The van der Waals surface area contributed by atoms with E-state index in [-0.39, 0.29) is 10.8 Å². The molecular weight excluding hydrogens is 383 g/mol. The first kappa shape index (κ1) is 19.1. The van der Waals surface area contributed by atoms with Crippen molar-refractivity contribution in [2.45, 2.75) is 23.6 Å². The van der Waals surface area contributed by atoms with E-state index in [0.717, 1.165) is 29.5 Å². The summed E-state index contributed by atoms with van der Waals surface area (Å²) in [6.45, 7) is 0. The van der Waals surface area contributed by atoms with Gasteiger partial charge < -0.3 is 0 Å². The molecule has 2 unspecified atom stereocenters. The van der Waals surface area contributed by atoms with Gasteiger partial charge in [0.25, 0.3) is 0 Å². The zero-order valence-corrected chi connectivity index (χ0v) is 17.1. The van der Waals surface area contributed by atoms with Crippen LogP contribution < -0.4 is 0 Å². The molecule has 0 nitrogen and oxygen atoms in total. The fourth-order valence-electron chi connectivity index (χ4n) is 3.55. The minimum atomic E-state index is -0.132. The molecule has 3 aromatic carbocycles. The van der Waals surface area contributed by atoms with Crippen molar-refractivity contribution >= 4 is 23.2 Å². The Kier molecular flexibility index (Phi) is 6.00. The van der Waals surface area contributed by atoms with Gasteiger partial charge in [-0.3, -0.25) is 0 Å². The fourth-order valence-corrected chi connectivity index (χ4v) is 4.17. The number of allylic oxidation sites excluding steroid dienone is 4. The summed E-state index contributed by atoms with van der Waals surface area (Å²) < 4.78 is 0. The third kappa shape index (κ3) is 4.24. The molecule has 2 heteroatoms. The molecule has 3 aromatic rings. The van der Waals surface area contributed by atoms with Crippen LogP contribution in [0.1, 0.15) is 40.3 Å². The summed E-state index contributed by atoms with van der Waals surface area (Å²) in [5.41, 5.74) is 7.01. The van der Waals surface area contributed by atoms with Crippen LogP contribution in [-0.2, 0) is 0 Å². The third-order valence-electron chi connectivity index (χ3n) is 5.20. The molecule has 0 aliphatic heterocycles. The van der Waals surface area contributed by atoms with Gasteiger partial charge >= 0.3 is 0 Å². The molecule has 140 valence electrons. The molecule has 0 amide bonds. The van der Waals surface area contributed by atoms with Crippen LogP contribution in [0.5, 0.6) is 0 Å². The molecule has 4 rings (SSSR count). The lowest BCUT2D eigenvalue weighted by Gasteiger charge is -2.16. The molecule has 0 N–H and O–H groups in total. The summed E-state index contributed by atoms with van der Waals surface area (Å²) in [4.78, 5) is 0. The topological polar surface area (TPSA) is 0 Å². The molecule has 0 aromatic heterocycles. The largest absolute Gasteiger partial charge is 0.113 e. The van der Waals surface area contributed by atoms with Gasteiger partial charge in [0.2, 0.25) is 0 Å². The van der Waals surface area contributed by atoms with Gasteiger partial charge in [0.1, 0.15) is 0 Å². The van der Waals surface area contributed by atoms with Gasteiger partial charge in [0.15, 0.2) is 0 Å². The van der Waals surface area contributed by atoms with E-state index in [1.165, 1.54) is 16.7 Å². The van der Waals surface area contributed by atoms with Crippen molar-refractivity contribution in [1.29, 1.82) is 0 Å². The van der Waals surface area contributed by atoms with Crippen molar-refractivity contribution in [2.24, 2.45) is 0 Å². The Morgan fingerprint density at radius 2 is 1.14 bits per heavy atom. The van der Waals surface area contributed by atoms with Gasteiger partial charge in [-0.1, -0.05) is 97.1 Å². The monoisotopic (exact) mass is 404 g/mol. The minimum absolute atomic E-state index is 0.0516. The normalized spacial score (nSPS) is 15.7. The fraction of sp³-hybridized carbons (Fsp3) is 0.154. The first-order valence-electron chi connectivity index (χ1n) is 9.61. The average molecular weight is 405 g/mol. The molecule has 0 spiro atoms. The van der Waals surface area contributed by atoms with Crippen LogP contribution >= 0.6 is 23.2 Å². The number of hydrogen-bond donors (Lipinski definition) is 0. The first-order valence-corrected chi connectivity index (χ1v) is 10.5. The van der Waals surface area contributed by atoms with Gasteiger partial charge in [-0.15, -0.1) is 23.2 Å². The Morgan fingerprint density at radius 1 is 0.607 bits per heavy atom. The SMILES string of the molecule is ClC(C1=CC=CCC1)c1ccc(-c2ccc(C(Cl)c3ccccc3)cc2)cc1. The number of rotatable bonds is 5. The zero-order valence-electron chi connectivity index (χ0n) is 15.6. The van der Waals surface area contributed by atoms with Crippen LogP contribution in [0.15, 0.2) is 103 Å². The molecule has 0 bridgehead atoms. The second kappa shape index (κ2) is 8.82. The Bertz CT molecular complexity index is 967. The van der Waals surface area contributed by atoms with E-state index in [1.54, 1.807) is 0 Å². The molecule has 1 aliphatic rings. The summed E-state index contributed by atoms with van der Waals surface area (Å²) >= 11 is 13.3. The minimum Gasteiger partial charge on any atom is -0.113 e. The highest BCUT2D eigenvalue weighted by Crippen LogP contribution is 2.35. The molecule has 28 heavy (non-hydrogen) atoms. The van der Waals surface area contributed by atoms with Crippen LogP contribution in [0, 0.1) is 0 Å². The van der Waals surface area contributed by atoms with Crippen LogP contribution in [0.4, 0.5) is 0 Å². The summed E-state index contributed by atoms with van der Waals surface area (Å²) in [5, 5.41) is -0.184. The highest BCUT2D eigenvalue weighted by molar-refractivity contribution is 6.23. The number of alkyl halides is 2. The quantitative estimate of drug-likeness (QED) is 0.375. The molecule has 0 heterocycles. The van der Waals surface area contributed by atoms with E-state index in [2.05, 4.69) is 78.9 Å². The standard InChI is InChI=1S/C26H22Cl2/c27-25(21-7-3-1-4-8-21)23-15-11-19(12-16-23)20-13-17-24(18-14-20)26(28)22-9-5-2-6-10-22/h1-5,7-9,11-18,25-26H,6,10H2. The molecule has 2 atom stereocenters. The zero-order chi connectivity index (χ0) is 19.3. The Morgan fingerprint density at radius 3 is 1.68 bits per heavy atom. The van der Waals surface area contributed by atoms with Crippen LogP contribution in [0.2, 0.25) is 0 Å². The number of hydrogen-bond acceptors (Lipinski definition) is 0. The lowest BCUT2D eigenvalue weighted by molar-refractivity contribution is 0.894. The maximum atomic E-state index is 6.68. The molecule has 0 fully saturated rings. The lowest BCUT2D eigenvalue weighted by Crippen LogP contribution is -1.97. The lowest BCUT2D eigenvalue weighted by atomic mass is 9.95. The van der Waals surface area contributed by atoms with Crippen molar-refractivity contribution in [3.05, 3.63) is 119 Å². The number of benzene rings is 3. The van der Waals surface area contributed by atoms with Gasteiger partial charge in [0.05, 0.1) is 10.8 Å². The van der Waals surface area contributed by atoms with E-state index < -0.39 is 0 Å². The van der Waals surface area contributed by atoms with Crippen molar-refractivity contribution in [3.63, 3.8) is 0 Å². The van der Waals surface area contributed by atoms with Crippen LogP contribution in [0.25, 0.3) is 11.1 Å². The highest BCUT2D eigenvalue weighted by Gasteiger charge is 2.14. The number of halogens is 2. The van der Waals surface area contributed by atoms with E-state index in [0.29, 0.717) is 0 Å². The van der Waals surface area contributed by atoms with Crippen LogP contribution in [0.3, 0.4) is 0 Å². The summed E-state index contributed by atoms with van der Waals surface area (Å²) in [6, 6.07) is 27.2. The Labute approximate surface area is 177 Å². The predicted molar refractivity (Wildman–Crippen MR) is 121 cm³/mol. The Hall–Kier alpha value is -2.28. The second-order valence-corrected chi connectivity index (χ2v) is 7.96. The highest BCUT2D eigenvalue weighted by atomic mass is 35.5. The summed E-state index contributed by atoms with van der Waals surface area (Å²) in [7, 11) is 0. The summed E-state index contributed by atoms with van der Waals surface area (Å²) in [6.07, 6.45) is 8.54. The van der Waals surface area contributed by atoms with Crippen molar-refractivity contribution in [1.82, 2.24) is 0 Å². The smallest absolute Gasteiger partial charge is 0.0835 e. The predicted octanol–water partition coefficient (Wildman–Crippen LogP) is 8.24. The Balaban J connectivity index is 1.50. The van der Waals surface area contributed by atoms with E-state index in [1.807, 2.05) is 18.2 Å². The second-order valence-electron chi connectivity index (χ2n) is 7.09. The van der Waals surface area contributed by atoms with Gasteiger partial charge in [0, 0.05) is 0 Å². The first-order chi connectivity index (χ1) is 13.7. The van der Waals surface area contributed by atoms with Gasteiger partial charge in [-0.2, -0.15) is 0 Å². The average Bonchev–Trinajstić information content (AvgIpc) is 2.79. The molecule has 1 aliphatic carbocycles. The van der Waals surface area contributed by atoms with Crippen molar-refractivity contribution in [3.8, 4) is 11.1 Å². The molecule has 0 radical (unpaired) electrons. The van der Waals surface area contributed by atoms with E-state index in [4.69, 9.17) is 23.2 Å². The molecule has 0 saturated heterocycles. The molecular formula is C26H22Cl2. The maximum Gasteiger partial charge on any atom is 0.0835 e.